The maximum absolute atomic E-state index is 13.8. The van der Waals surface area contributed by atoms with E-state index >= 15 is 0 Å². The van der Waals surface area contributed by atoms with Gasteiger partial charge in [-0.15, -0.1) is 0 Å². The summed E-state index contributed by atoms with van der Waals surface area (Å²) in [6, 6.07) is 13.0. The first kappa shape index (κ1) is 33.2. The summed E-state index contributed by atoms with van der Waals surface area (Å²) < 4.78 is 69.9. The number of hydrogen-bond donors (Lipinski definition) is 2. The molecule has 9 nitrogen and oxygen atoms in total. The van der Waals surface area contributed by atoms with Crippen LogP contribution in [0.25, 0.3) is 0 Å². The van der Waals surface area contributed by atoms with Gasteiger partial charge in [0, 0.05) is 25.8 Å². The van der Waals surface area contributed by atoms with Gasteiger partial charge >= 0.3 is 12.1 Å². The Morgan fingerprint density at radius 3 is 2.07 bits per heavy atom. The Balaban J connectivity index is 1.59. The smallest absolute Gasteiger partial charge is 0.436 e. The summed E-state index contributed by atoms with van der Waals surface area (Å²) in [5, 5.41) is 15.6. The number of hydrogen-bond acceptors (Lipinski definition) is 5. The maximum atomic E-state index is 13.8. The van der Waals surface area contributed by atoms with Crippen molar-refractivity contribution < 1.29 is 36.3 Å². The van der Waals surface area contributed by atoms with Crippen molar-refractivity contribution in [1.29, 1.82) is 0 Å². The third-order valence-electron chi connectivity index (χ3n) is 7.94. The molecule has 0 bridgehead atoms. The van der Waals surface area contributed by atoms with Gasteiger partial charge in [0.15, 0.2) is 5.69 Å². The lowest BCUT2D eigenvalue weighted by Gasteiger charge is -2.37. The van der Waals surface area contributed by atoms with Crippen molar-refractivity contribution in [1.82, 2.24) is 19.4 Å². The van der Waals surface area contributed by atoms with E-state index < -0.39 is 51.3 Å². The average Bonchev–Trinajstić information content (AvgIpc) is 3.41. The first-order valence-electron chi connectivity index (χ1n) is 14.4. The second-order valence-electron chi connectivity index (χ2n) is 11.8. The SMILES string of the molecule is CC(C)c1ccc(CNC(=O)[C@H]2C[C@H](Cn3cc(C(=O)O)c(C(F)(F)F)n3)CCN2S(=O)(=O)c2ccc(C(C)C)cc2)cc1. The van der Waals surface area contributed by atoms with Crippen LogP contribution in [0.5, 0.6) is 0 Å². The van der Waals surface area contributed by atoms with Crippen LogP contribution < -0.4 is 5.32 Å². The molecular weight excluding hydrogens is 597 g/mol. The van der Waals surface area contributed by atoms with E-state index in [2.05, 4.69) is 24.3 Å². The van der Waals surface area contributed by atoms with E-state index in [4.69, 9.17) is 0 Å². The fraction of sp³-hybridized carbons (Fsp3) is 0.452. The molecule has 1 saturated heterocycles. The number of amides is 1. The molecule has 3 aromatic rings. The molecule has 1 amide bonds. The van der Waals surface area contributed by atoms with Crippen LogP contribution in [0.15, 0.2) is 59.6 Å². The van der Waals surface area contributed by atoms with E-state index in [9.17, 15) is 36.3 Å². The molecule has 1 aliphatic rings. The number of aromatic carboxylic acids is 1. The summed E-state index contributed by atoms with van der Waals surface area (Å²) in [5.74, 6) is -2.22. The Morgan fingerprint density at radius 1 is 1.00 bits per heavy atom. The first-order valence-corrected chi connectivity index (χ1v) is 15.9. The number of sulfonamides is 1. The van der Waals surface area contributed by atoms with Gasteiger partial charge in [0.05, 0.1) is 4.90 Å². The van der Waals surface area contributed by atoms with Gasteiger partial charge in [-0.25, -0.2) is 13.2 Å². The second-order valence-corrected chi connectivity index (χ2v) is 13.7. The molecule has 2 N–H and O–H groups in total. The third-order valence-corrected chi connectivity index (χ3v) is 9.86. The summed E-state index contributed by atoms with van der Waals surface area (Å²) in [4.78, 5) is 25.0. The number of carbonyl (C=O) groups excluding carboxylic acids is 1. The Labute approximate surface area is 255 Å². The predicted octanol–water partition coefficient (Wildman–Crippen LogP) is 5.63. The van der Waals surface area contributed by atoms with Crippen LogP contribution in [0.4, 0.5) is 13.2 Å². The molecule has 2 aromatic carbocycles. The molecule has 238 valence electrons. The molecule has 13 heteroatoms. The number of nitrogens with zero attached hydrogens (tertiary/aromatic N) is 3. The Bertz CT molecular complexity index is 1580. The van der Waals surface area contributed by atoms with Crippen LogP contribution in [-0.2, 0) is 34.1 Å². The van der Waals surface area contributed by atoms with Crippen LogP contribution in [0.2, 0.25) is 0 Å². The van der Waals surface area contributed by atoms with Crippen molar-refractivity contribution in [2.45, 2.75) is 82.6 Å². The summed E-state index contributed by atoms with van der Waals surface area (Å²) in [6.45, 7) is 8.09. The average molecular weight is 635 g/mol. The molecule has 0 radical (unpaired) electrons. The lowest BCUT2D eigenvalue weighted by Crippen LogP contribution is -2.53. The Kier molecular flexibility index (Phi) is 9.89. The fourth-order valence-corrected chi connectivity index (χ4v) is 6.95. The number of aromatic nitrogens is 2. The van der Waals surface area contributed by atoms with Crippen molar-refractivity contribution in [2.24, 2.45) is 5.92 Å². The van der Waals surface area contributed by atoms with Gasteiger partial charge in [-0.3, -0.25) is 9.48 Å². The fourth-order valence-electron chi connectivity index (χ4n) is 5.34. The number of nitrogens with one attached hydrogen (secondary N) is 1. The van der Waals surface area contributed by atoms with E-state index in [1.165, 1.54) is 12.1 Å². The molecule has 44 heavy (non-hydrogen) atoms. The quantitative estimate of drug-likeness (QED) is 0.298. The van der Waals surface area contributed by atoms with Gasteiger partial charge in [-0.1, -0.05) is 64.1 Å². The normalized spacial score (nSPS) is 18.1. The zero-order valence-corrected chi connectivity index (χ0v) is 25.8. The van der Waals surface area contributed by atoms with Crippen LogP contribution in [-0.4, -0.2) is 52.1 Å². The monoisotopic (exact) mass is 634 g/mol. The molecule has 0 saturated carbocycles. The topological polar surface area (TPSA) is 122 Å². The lowest BCUT2D eigenvalue weighted by atomic mass is 9.92. The summed E-state index contributed by atoms with van der Waals surface area (Å²) in [5.41, 5.74) is 0.437. The van der Waals surface area contributed by atoms with E-state index in [1.54, 1.807) is 12.1 Å². The largest absolute Gasteiger partial charge is 0.478 e. The van der Waals surface area contributed by atoms with Crippen molar-refractivity contribution in [2.75, 3.05) is 6.54 Å². The number of halogens is 3. The van der Waals surface area contributed by atoms with Gasteiger partial charge in [0.1, 0.15) is 11.6 Å². The number of alkyl halides is 3. The van der Waals surface area contributed by atoms with Gasteiger partial charge in [0.25, 0.3) is 0 Å². The Hall–Kier alpha value is -3.71. The predicted molar refractivity (Wildman–Crippen MR) is 158 cm³/mol. The number of piperidine rings is 1. The standard InChI is InChI=1S/C31H37F3N4O5S/c1-19(2)23-7-5-21(6-8-23)16-35-29(39)27-15-22(17-37-18-26(30(40)41)28(36-37)31(32,33)34)13-14-38(27)44(42,43)25-11-9-24(10-12-25)20(3)4/h5-12,18-20,22,27H,13-17H2,1-4H3,(H,35,39)(H,40,41)/t22-,27-/m1/s1. The number of carboxylic acid groups (broad SMARTS) is 1. The minimum atomic E-state index is -4.96. The number of rotatable bonds is 10. The highest BCUT2D eigenvalue weighted by atomic mass is 32.2. The van der Waals surface area contributed by atoms with Gasteiger partial charge in [-0.05, 0) is 59.4 Å². The van der Waals surface area contributed by atoms with Gasteiger partial charge < -0.3 is 10.4 Å². The lowest BCUT2D eigenvalue weighted by molar-refractivity contribution is -0.142. The minimum absolute atomic E-state index is 0.00500. The van der Waals surface area contributed by atoms with E-state index in [1.807, 2.05) is 38.1 Å². The maximum Gasteiger partial charge on any atom is 0.436 e. The van der Waals surface area contributed by atoms with E-state index in [0.29, 0.717) is 5.92 Å². The summed E-state index contributed by atoms with van der Waals surface area (Å²) in [7, 11) is -4.10. The first-order chi connectivity index (χ1) is 20.6. The van der Waals surface area contributed by atoms with Crippen LogP contribution in [0.1, 0.15) is 85.1 Å². The molecule has 0 unspecified atom stereocenters. The Morgan fingerprint density at radius 2 is 1.57 bits per heavy atom. The molecule has 0 spiro atoms. The molecule has 1 aliphatic heterocycles. The van der Waals surface area contributed by atoms with Crippen molar-refractivity contribution in [3.8, 4) is 0 Å². The van der Waals surface area contributed by atoms with Crippen LogP contribution in [0.3, 0.4) is 0 Å². The highest BCUT2D eigenvalue weighted by Gasteiger charge is 2.42. The zero-order valence-electron chi connectivity index (χ0n) is 25.0. The zero-order chi connectivity index (χ0) is 32.4. The summed E-state index contributed by atoms with van der Waals surface area (Å²) >= 11 is 0. The molecule has 2 heterocycles. The van der Waals surface area contributed by atoms with Crippen LogP contribution in [0, 0.1) is 5.92 Å². The highest BCUT2D eigenvalue weighted by Crippen LogP contribution is 2.33. The van der Waals surface area contributed by atoms with E-state index in [0.717, 1.165) is 31.9 Å². The van der Waals surface area contributed by atoms with Gasteiger partial charge in [0.2, 0.25) is 15.9 Å². The molecule has 1 fully saturated rings. The summed E-state index contributed by atoms with van der Waals surface area (Å²) in [6.07, 6.45) is -3.91. The highest BCUT2D eigenvalue weighted by molar-refractivity contribution is 7.89. The number of carbonyl (C=O) groups is 2. The van der Waals surface area contributed by atoms with Crippen molar-refractivity contribution in [3.63, 3.8) is 0 Å². The minimum Gasteiger partial charge on any atom is -0.478 e. The number of carboxylic acids is 1. The molecule has 4 rings (SSSR count). The molecule has 0 aliphatic carbocycles. The number of benzene rings is 2. The second kappa shape index (κ2) is 13.1. The van der Waals surface area contributed by atoms with Crippen molar-refractivity contribution >= 4 is 21.9 Å². The molecular formula is C31H37F3N4O5S. The van der Waals surface area contributed by atoms with E-state index in [-0.39, 0.29) is 43.3 Å². The van der Waals surface area contributed by atoms with Crippen LogP contribution >= 0.6 is 0 Å². The third kappa shape index (κ3) is 7.49. The van der Waals surface area contributed by atoms with Crippen molar-refractivity contribution in [3.05, 3.63) is 82.7 Å². The molecule has 1 aromatic heterocycles. The van der Waals surface area contributed by atoms with Gasteiger partial charge in [-0.2, -0.15) is 22.6 Å². The molecule has 2 atom stereocenters.